The molecule has 25 heavy (non-hydrogen) atoms. The second-order valence-electron chi connectivity index (χ2n) is 6.56. The Morgan fingerprint density at radius 1 is 0.680 bits per heavy atom. The predicted octanol–water partition coefficient (Wildman–Crippen LogP) is 4.94. The second kappa shape index (κ2) is 4.93. The molecule has 5 rings (SSSR count). The average Bonchev–Trinajstić information content (AvgIpc) is 2.65. The summed E-state index contributed by atoms with van der Waals surface area (Å²) in [6, 6.07) is 18.7. The molecule has 0 unspecified atom stereocenters. The van der Waals surface area contributed by atoms with Crippen molar-refractivity contribution < 1.29 is 0 Å². The molecule has 1 aliphatic heterocycles. The Balaban J connectivity index is 1.87. The normalized spacial score (nSPS) is 13.2. The molecular weight excluding hydrogens is 308 g/mol. The number of hydrogen-bond donors (Lipinski definition) is 0. The van der Waals surface area contributed by atoms with Crippen molar-refractivity contribution in [3.63, 3.8) is 0 Å². The molecule has 0 aliphatic carbocycles. The van der Waals surface area contributed by atoms with Crippen molar-refractivity contribution >= 4 is 44.8 Å². The van der Waals surface area contributed by atoms with Crippen LogP contribution in [0, 0.1) is 6.92 Å². The molecular formula is C21H18N4. The number of rotatable bonds is 0. The lowest BCUT2D eigenvalue weighted by Crippen LogP contribution is -2.25. The summed E-state index contributed by atoms with van der Waals surface area (Å²) >= 11 is 0. The van der Waals surface area contributed by atoms with E-state index >= 15 is 0 Å². The van der Waals surface area contributed by atoms with Crippen molar-refractivity contribution in [3.05, 3.63) is 60.2 Å². The van der Waals surface area contributed by atoms with Crippen LogP contribution in [0.1, 0.15) is 5.56 Å². The van der Waals surface area contributed by atoms with Crippen molar-refractivity contribution in [2.24, 2.45) is 0 Å². The summed E-state index contributed by atoms with van der Waals surface area (Å²) in [5.74, 6) is 0. The Morgan fingerprint density at radius 3 is 2.00 bits per heavy atom. The van der Waals surface area contributed by atoms with Crippen LogP contribution in [-0.2, 0) is 0 Å². The van der Waals surface area contributed by atoms with Crippen molar-refractivity contribution in [2.75, 3.05) is 23.9 Å². The molecule has 3 aromatic carbocycles. The van der Waals surface area contributed by atoms with Gasteiger partial charge in [-0.3, -0.25) is 0 Å². The van der Waals surface area contributed by atoms with E-state index < -0.39 is 0 Å². The standard InChI is InChI=1S/C21H18N4/c1-13-20-16(22-14-8-4-5-9-15(14)23-20)12-19-21(13)25(3)18-11-7-6-10-17(18)24(19)2/h4-12H,1-3H3. The zero-order valence-corrected chi connectivity index (χ0v) is 14.5. The largest absolute Gasteiger partial charge is 0.341 e. The van der Waals surface area contributed by atoms with E-state index in [1.165, 1.54) is 17.1 Å². The highest BCUT2D eigenvalue weighted by Crippen LogP contribution is 2.49. The first-order chi connectivity index (χ1) is 12.1. The molecule has 0 radical (unpaired) electrons. The fourth-order valence-electron chi connectivity index (χ4n) is 3.85. The van der Waals surface area contributed by atoms with E-state index in [2.05, 4.69) is 61.2 Å². The number of anilines is 4. The minimum absolute atomic E-state index is 0.932. The summed E-state index contributed by atoms with van der Waals surface area (Å²) in [7, 11) is 4.24. The van der Waals surface area contributed by atoms with E-state index in [1.54, 1.807) is 0 Å². The maximum absolute atomic E-state index is 4.89. The molecule has 0 fully saturated rings. The monoisotopic (exact) mass is 326 g/mol. The van der Waals surface area contributed by atoms with Crippen molar-refractivity contribution in [1.29, 1.82) is 0 Å². The Hall–Kier alpha value is -3.14. The van der Waals surface area contributed by atoms with Crippen LogP contribution >= 0.6 is 0 Å². The Kier molecular flexibility index (Phi) is 2.80. The van der Waals surface area contributed by atoms with Crippen LogP contribution in [0.3, 0.4) is 0 Å². The number of aryl methyl sites for hydroxylation is 1. The highest BCUT2D eigenvalue weighted by atomic mass is 15.2. The highest BCUT2D eigenvalue weighted by Gasteiger charge is 2.27. The first-order valence-corrected chi connectivity index (χ1v) is 8.42. The van der Waals surface area contributed by atoms with E-state index in [0.29, 0.717) is 0 Å². The van der Waals surface area contributed by atoms with Gasteiger partial charge >= 0.3 is 0 Å². The smallest absolute Gasteiger partial charge is 0.0946 e. The van der Waals surface area contributed by atoms with E-state index in [9.17, 15) is 0 Å². The van der Waals surface area contributed by atoms with Gasteiger partial charge in [0.25, 0.3) is 0 Å². The van der Waals surface area contributed by atoms with Crippen LogP contribution < -0.4 is 9.80 Å². The van der Waals surface area contributed by atoms with E-state index in [0.717, 1.165) is 33.3 Å². The summed E-state index contributed by atoms with van der Waals surface area (Å²) < 4.78 is 0. The number of nitrogens with zero attached hydrogens (tertiary/aromatic N) is 4. The minimum atomic E-state index is 0.932. The highest BCUT2D eigenvalue weighted by molar-refractivity contribution is 6.02. The zero-order chi connectivity index (χ0) is 17.1. The second-order valence-corrected chi connectivity index (χ2v) is 6.56. The third-order valence-electron chi connectivity index (χ3n) is 5.13. The fraction of sp³-hybridized carbons (Fsp3) is 0.143. The molecule has 0 saturated carbocycles. The average molecular weight is 326 g/mol. The lowest BCUT2D eigenvalue weighted by molar-refractivity contribution is 1.09. The molecule has 4 aromatic rings. The van der Waals surface area contributed by atoms with Crippen LogP contribution in [0.15, 0.2) is 54.6 Å². The topological polar surface area (TPSA) is 32.3 Å². The first-order valence-electron chi connectivity index (χ1n) is 8.42. The SMILES string of the molecule is Cc1c2c(cc3nc4ccccc4nc13)N(C)c1ccccc1N2C. The summed E-state index contributed by atoms with van der Waals surface area (Å²) in [5, 5.41) is 0. The molecule has 122 valence electrons. The third-order valence-corrected chi connectivity index (χ3v) is 5.13. The van der Waals surface area contributed by atoms with Crippen LogP contribution in [-0.4, -0.2) is 24.1 Å². The van der Waals surface area contributed by atoms with Crippen molar-refractivity contribution in [2.45, 2.75) is 6.92 Å². The molecule has 1 aliphatic rings. The predicted molar refractivity (Wildman–Crippen MR) is 104 cm³/mol. The van der Waals surface area contributed by atoms with Crippen LogP contribution in [0.25, 0.3) is 22.1 Å². The Morgan fingerprint density at radius 2 is 1.28 bits per heavy atom. The Labute approximate surface area is 146 Å². The van der Waals surface area contributed by atoms with Gasteiger partial charge in [0.2, 0.25) is 0 Å². The number of hydrogen-bond acceptors (Lipinski definition) is 4. The molecule has 4 nitrogen and oxygen atoms in total. The van der Waals surface area contributed by atoms with Gasteiger partial charge in [-0.15, -0.1) is 0 Å². The summed E-state index contributed by atoms with van der Waals surface area (Å²) in [4.78, 5) is 14.3. The lowest BCUT2D eigenvalue weighted by atomic mass is 10.0. The van der Waals surface area contributed by atoms with E-state index in [4.69, 9.17) is 9.97 Å². The minimum Gasteiger partial charge on any atom is -0.341 e. The third kappa shape index (κ3) is 1.88. The lowest BCUT2D eigenvalue weighted by Gasteiger charge is -2.37. The number of para-hydroxylation sites is 4. The van der Waals surface area contributed by atoms with Gasteiger partial charge in [0.05, 0.1) is 44.8 Å². The van der Waals surface area contributed by atoms with Crippen LogP contribution in [0.4, 0.5) is 22.7 Å². The number of fused-ring (bicyclic) bond motifs is 4. The molecule has 0 saturated heterocycles. The van der Waals surface area contributed by atoms with Crippen LogP contribution in [0.5, 0.6) is 0 Å². The molecule has 0 atom stereocenters. The summed E-state index contributed by atoms with van der Waals surface area (Å²) in [6.45, 7) is 2.14. The van der Waals surface area contributed by atoms with Gasteiger partial charge in [0.1, 0.15) is 0 Å². The van der Waals surface area contributed by atoms with Gasteiger partial charge < -0.3 is 9.80 Å². The van der Waals surface area contributed by atoms with Crippen LogP contribution in [0.2, 0.25) is 0 Å². The first kappa shape index (κ1) is 14.2. The molecule has 2 heterocycles. The van der Waals surface area contributed by atoms with E-state index in [-0.39, 0.29) is 0 Å². The van der Waals surface area contributed by atoms with Crippen molar-refractivity contribution in [3.8, 4) is 0 Å². The molecule has 4 heteroatoms. The molecule has 1 aromatic heterocycles. The maximum atomic E-state index is 4.89. The summed E-state index contributed by atoms with van der Waals surface area (Å²) in [6.07, 6.45) is 0. The van der Waals surface area contributed by atoms with E-state index in [1.807, 2.05) is 24.3 Å². The van der Waals surface area contributed by atoms with Gasteiger partial charge in [-0.05, 0) is 37.3 Å². The zero-order valence-electron chi connectivity index (χ0n) is 14.5. The van der Waals surface area contributed by atoms with Gasteiger partial charge in [0, 0.05) is 19.7 Å². The summed E-state index contributed by atoms with van der Waals surface area (Å²) in [5.41, 5.74) is 9.70. The fourth-order valence-corrected chi connectivity index (χ4v) is 3.85. The van der Waals surface area contributed by atoms with Gasteiger partial charge in [-0.2, -0.15) is 0 Å². The van der Waals surface area contributed by atoms with Gasteiger partial charge in [0.15, 0.2) is 0 Å². The van der Waals surface area contributed by atoms with Gasteiger partial charge in [-0.25, -0.2) is 9.97 Å². The molecule has 0 spiro atoms. The quantitative estimate of drug-likeness (QED) is 0.428. The number of aromatic nitrogens is 2. The Bertz CT molecular complexity index is 1150. The van der Waals surface area contributed by atoms with Gasteiger partial charge in [-0.1, -0.05) is 24.3 Å². The van der Waals surface area contributed by atoms with Crippen molar-refractivity contribution in [1.82, 2.24) is 9.97 Å². The molecule has 0 amide bonds. The molecule has 0 bridgehead atoms. The molecule has 0 N–H and O–H groups in total. The number of benzene rings is 3. The maximum Gasteiger partial charge on any atom is 0.0946 e.